The second kappa shape index (κ2) is 8.34. The normalized spacial score (nSPS) is 11.5. The van der Waals surface area contributed by atoms with E-state index in [0.717, 1.165) is 0 Å². The van der Waals surface area contributed by atoms with Crippen LogP contribution in [0.25, 0.3) is 0 Å². The molecule has 0 aliphatic rings. The Kier molecular flexibility index (Phi) is 6.19. The van der Waals surface area contributed by atoms with Gasteiger partial charge in [0.05, 0.1) is 22.2 Å². The topological polar surface area (TPSA) is 90.7 Å². The van der Waals surface area contributed by atoms with Gasteiger partial charge in [0.2, 0.25) is 0 Å². The van der Waals surface area contributed by atoms with Crippen LogP contribution in [0, 0.1) is 10.1 Å². The molecule has 2 aromatic carbocycles. The number of nitro benzene ring substituents is 1. The number of para-hydroxylation sites is 2. The minimum absolute atomic E-state index is 0.0589. The first kappa shape index (κ1) is 18.5. The summed E-state index contributed by atoms with van der Waals surface area (Å²) in [7, 11) is 0. The van der Waals surface area contributed by atoms with E-state index in [0.29, 0.717) is 18.0 Å². The Morgan fingerprint density at radius 2 is 2.00 bits per heavy atom. The van der Waals surface area contributed by atoms with Crippen molar-refractivity contribution in [3.05, 3.63) is 57.6 Å². The Bertz CT molecular complexity index is 781. The molecule has 1 atom stereocenters. The third kappa shape index (κ3) is 4.84. The lowest BCUT2D eigenvalue weighted by atomic mass is 10.2. The monoisotopic (exact) mass is 364 g/mol. The summed E-state index contributed by atoms with van der Waals surface area (Å²) in [6.45, 7) is 3.87. The number of anilines is 1. The summed E-state index contributed by atoms with van der Waals surface area (Å²) in [5.74, 6) is 0.341. The van der Waals surface area contributed by atoms with E-state index in [1.165, 1.54) is 18.2 Å². The van der Waals surface area contributed by atoms with Crippen molar-refractivity contribution in [2.45, 2.75) is 20.0 Å². The maximum absolute atomic E-state index is 12.3. The summed E-state index contributed by atoms with van der Waals surface area (Å²) < 4.78 is 11.0. The van der Waals surface area contributed by atoms with E-state index in [9.17, 15) is 14.9 Å². The van der Waals surface area contributed by atoms with Gasteiger partial charge in [-0.1, -0.05) is 23.7 Å². The maximum Gasteiger partial charge on any atom is 0.271 e. The zero-order valence-corrected chi connectivity index (χ0v) is 14.4. The van der Waals surface area contributed by atoms with Gasteiger partial charge < -0.3 is 14.8 Å². The van der Waals surface area contributed by atoms with Gasteiger partial charge in [0, 0.05) is 12.1 Å². The molecule has 8 heteroatoms. The van der Waals surface area contributed by atoms with Crippen LogP contribution in [0.15, 0.2) is 42.5 Å². The Hall–Kier alpha value is -2.80. The highest BCUT2D eigenvalue weighted by molar-refractivity contribution is 6.32. The fourth-order valence-corrected chi connectivity index (χ4v) is 2.25. The number of ether oxygens (including phenoxy) is 2. The molecule has 132 valence electrons. The predicted octanol–water partition coefficient (Wildman–Crippen LogP) is 4.05. The molecule has 0 aliphatic heterocycles. The first-order chi connectivity index (χ1) is 11.9. The molecule has 25 heavy (non-hydrogen) atoms. The van der Waals surface area contributed by atoms with E-state index >= 15 is 0 Å². The molecule has 1 amide bonds. The highest BCUT2D eigenvalue weighted by Crippen LogP contribution is 2.30. The molecular formula is C17H17ClN2O5. The quantitative estimate of drug-likeness (QED) is 0.591. The van der Waals surface area contributed by atoms with Crippen LogP contribution in [0.1, 0.15) is 13.8 Å². The first-order valence-corrected chi connectivity index (χ1v) is 7.93. The Morgan fingerprint density at radius 1 is 1.28 bits per heavy atom. The van der Waals surface area contributed by atoms with Gasteiger partial charge in [0.25, 0.3) is 11.6 Å². The fraction of sp³-hybridized carbons (Fsp3) is 0.235. The van der Waals surface area contributed by atoms with Crippen molar-refractivity contribution in [3.8, 4) is 11.5 Å². The lowest BCUT2D eigenvalue weighted by molar-refractivity contribution is -0.384. The number of benzene rings is 2. The molecule has 0 saturated heterocycles. The van der Waals surface area contributed by atoms with Crippen molar-refractivity contribution in [3.63, 3.8) is 0 Å². The number of carbonyl (C=O) groups is 1. The largest absolute Gasteiger partial charge is 0.492 e. The Morgan fingerprint density at radius 3 is 2.64 bits per heavy atom. The van der Waals surface area contributed by atoms with E-state index in [1.54, 1.807) is 31.2 Å². The van der Waals surface area contributed by atoms with Gasteiger partial charge in [-0.05, 0) is 32.0 Å². The second-order valence-corrected chi connectivity index (χ2v) is 5.46. The van der Waals surface area contributed by atoms with E-state index < -0.39 is 16.9 Å². The van der Waals surface area contributed by atoms with Gasteiger partial charge in [-0.2, -0.15) is 0 Å². The van der Waals surface area contributed by atoms with Gasteiger partial charge in [-0.3, -0.25) is 14.9 Å². The van der Waals surface area contributed by atoms with Crippen LogP contribution in [-0.4, -0.2) is 23.5 Å². The number of nitro groups is 1. The number of nitrogens with zero attached hydrogens (tertiary/aromatic N) is 1. The SMILES string of the molecule is CCOc1ccccc1NC(=O)[C@H](C)Oc1ccc([N+](=O)[O-])cc1Cl. The van der Waals surface area contributed by atoms with Crippen molar-refractivity contribution in [2.75, 3.05) is 11.9 Å². The molecule has 0 radical (unpaired) electrons. The zero-order chi connectivity index (χ0) is 18.4. The number of rotatable bonds is 7. The van der Waals surface area contributed by atoms with Crippen molar-refractivity contribution in [1.82, 2.24) is 0 Å². The molecule has 0 heterocycles. The van der Waals surface area contributed by atoms with Crippen LogP contribution in [0.4, 0.5) is 11.4 Å². The van der Waals surface area contributed by atoms with Gasteiger partial charge in [0.15, 0.2) is 6.10 Å². The van der Waals surface area contributed by atoms with Crippen molar-refractivity contribution in [1.29, 1.82) is 0 Å². The van der Waals surface area contributed by atoms with Gasteiger partial charge in [-0.25, -0.2) is 0 Å². The van der Waals surface area contributed by atoms with Crippen LogP contribution in [0.5, 0.6) is 11.5 Å². The summed E-state index contributed by atoms with van der Waals surface area (Å²) in [6.07, 6.45) is -0.867. The summed E-state index contributed by atoms with van der Waals surface area (Å²) in [6, 6.07) is 10.8. The molecule has 0 spiro atoms. The van der Waals surface area contributed by atoms with E-state index in [2.05, 4.69) is 5.32 Å². The van der Waals surface area contributed by atoms with Crippen LogP contribution < -0.4 is 14.8 Å². The number of halogens is 1. The summed E-state index contributed by atoms with van der Waals surface area (Å²) >= 11 is 5.97. The summed E-state index contributed by atoms with van der Waals surface area (Å²) in [5, 5.41) is 13.5. The Balaban J connectivity index is 2.07. The van der Waals surface area contributed by atoms with E-state index in [1.807, 2.05) is 6.92 Å². The average molecular weight is 365 g/mol. The van der Waals surface area contributed by atoms with Crippen molar-refractivity contribution < 1.29 is 19.2 Å². The molecule has 0 fully saturated rings. The van der Waals surface area contributed by atoms with Crippen molar-refractivity contribution in [2.24, 2.45) is 0 Å². The minimum Gasteiger partial charge on any atom is -0.492 e. The number of amides is 1. The number of hydrogen-bond acceptors (Lipinski definition) is 5. The van der Waals surface area contributed by atoms with Gasteiger partial charge in [0.1, 0.15) is 11.5 Å². The molecular weight excluding hydrogens is 348 g/mol. The molecule has 0 aromatic heterocycles. The van der Waals surface area contributed by atoms with Crippen molar-refractivity contribution >= 4 is 28.9 Å². The van der Waals surface area contributed by atoms with Gasteiger partial charge >= 0.3 is 0 Å². The highest BCUT2D eigenvalue weighted by atomic mass is 35.5. The lowest BCUT2D eigenvalue weighted by Gasteiger charge is -2.17. The van der Waals surface area contributed by atoms with Crippen LogP contribution >= 0.6 is 11.6 Å². The third-order valence-corrected chi connectivity index (χ3v) is 3.54. The first-order valence-electron chi connectivity index (χ1n) is 7.55. The molecule has 1 N–H and O–H groups in total. The predicted molar refractivity (Wildman–Crippen MR) is 94.4 cm³/mol. The molecule has 2 rings (SSSR count). The second-order valence-electron chi connectivity index (χ2n) is 5.05. The zero-order valence-electron chi connectivity index (χ0n) is 13.7. The number of carbonyl (C=O) groups excluding carboxylic acids is 1. The molecule has 0 aliphatic carbocycles. The molecule has 0 saturated carbocycles. The molecule has 0 unspecified atom stereocenters. The lowest BCUT2D eigenvalue weighted by Crippen LogP contribution is -2.30. The summed E-state index contributed by atoms with van der Waals surface area (Å²) in [5.41, 5.74) is 0.375. The van der Waals surface area contributed by atoms with E-state index in [4.69, 9.17) is 21.1 Å². The number of non-ortho nitro benzene ring substituents is 1. The highest BCUT2D eigenvalue weighted by Gasteiger charge is 2.19. The summed E-state index contributed by atoms with van der Waals surface area (Å²) in [4.78, 5) is 22.5. The molecule has 2 aromatic rings. The standard InChI is InChI=1S/C17H17ClN2O5/c1-3-24-16-7-5-4-6-14(16)19-17(21)11(2)25-15-9-8-12(20(22)23)10-13(15)18/h4-11H,3H2,1-2H3,(H,19,21)/t11-/m0/s1. The van der Waals surface area contributed by atoms with Crippen LogP contribution in [0.2, 0.25) is 5.02 Å². The number of hydrogen-bond donors (Lipinski definition) is 1. The average Bonchev–Trinajstić information content (AvgIpc) is 2.58. The molecule has 7 nitrogen and oxygen atoms in total. The van der Waals surface area contributed by atoms with Crippen LogP contribution in [0.3, 0.4) is 0 Å². The van der Waals surface area contributed by atoms with E-state index in [-0.39, 0.29) is 16.5 Å². The fourth-order valence-electron chi connectivity index (χ4n) is 2.03. The number of nitrogens with one attached hydrogen (secondary N) is 1. The smallest absolute Gasteiger partial charge is 0.271 e. The Labute approximate surface area is 149 Å². The van der Waals surface area contributed by atoms with Crippen LogP contribution in [-0.2, 0) is 4.79 Å². The molecule has 0 bridgehead atoms. The van der Waals surface area contributed by atoms with Gasteiger partial charge in [-0.15, -0.1) is 0 Å². The minimum atomic E-state index is -0.867. The third-order valence-electron chi connectivity index (χ3n) is 3.24. The maximum atomic E-state index is 12.3.